The fourth-order valence-corrected chi connectivity index (χ4v) is 4.31. The molecule has 1 aliphatic carbocycles. The minimum Gasteiger partial charge on any atom is -0.355 e. The zero-order valence-electron chi connectivity index (χ0n) is 14.5. The van der Waals surface area contributed by atoms with E-state index in [9.17, 15) is 9.59 Å². The Morgan fingerprint density at radius 3 is 2.56 bits per heavy atom. The van der Waals surface area contributed by atoms with Crippen molar-refractivity contribution in [2.24, 2.45) is 0 Å². The first-order valence-electron chi connectivity index (χ1n) is 8.51. The van der Waals surface area contributed by atoms with Crippen LogP contribution < -0.4 is 10.6 Å². The van der Waals surface area contributed by atoms with E-state index in [0.29, 0.717) is 10.6 Å². The van der Waals surface area contributed by atoms with Crippen molar-refractivity contribution in [3.8, 4) is 0 Å². The lowest BCUT2D eigenvalue weighted by molar-refractivity contribution is -0.111. The lowest BCUT2D eigenvalue weighted by Crippen LogP contribution is -2.21. The number of fused-ring (bicyclic) bond motifs is 1. The molecule has 3 rings (SSSR count). The lowest BCUT2D eigenvalue weighted by Gasteiger charge is -2.12. The van der Waals surface area contributed by atoms with Crippen molar-refractivity contribution >= 4 is 34.2 Å². The molecule has 0 fully saturated rings. The standard InChI is InChI=1S/C20H22N2O2S/c1-13-7-9-14(10-8-13)11-12-17(23)22-20-18(19(24)21-2)15-5-3-4-6-16(15)25-20/h7-12H,3-6H2,1-2H3,(H,21,24)(H,22,23)/b12-11+. The number of amides is 2. The van der Waals surface area contributed by atoms with Gasteiger partial charge in [-0.05, 0) is 49.8 Å². The predicted octanol–water partition coefficient (Wildman–Crippen LogP) is 3.95. The molecule has 0 spiro atoms. The van der Waals surface area contributed by atoms with Gasteiger partial charge in [0.2, 0.25) is 5.91 Å². The monoisotopic (exact) mass is 354 g/mol. The van der Waals surface area contributed by atoms with Gasteiger partial charge in [-0.3, -0.25) is 9.59 Å². The fourth-order valence-electron chi connectivity index (χ4n) is 3.02. The van der Waals surface area contributed by atoms with E-state index < -0.39 is 0 Å². The van der Waals surface area contributed by atoms with Crippen LogP contribution in [0.15, 0.2) is 30.3 Å². The third kappa shape index (κ3) is 3.99. The van der Waals surface area contributed by atoms with Crippen LogP contribution >= 0.6 is 11.3 Å². The lowest BCUT2D eigenvalue weighted by atomic mass is 9.95. The summed E-state index contributed by atoms with van der Waals surface area (Å²) in [6.45, 7) is 2.03. The molecule has 2 N–H and O–H groups in total. The van der Waals surface area contributed by atoms with Crippen LogP contribution in [0.2, 0.25) is 0 Å². The number of nitrogens with one attached hydrogen (secondary N) is 2. The molecule has 0 atom stereocenters. The van der Waals surface area contributed by atoms with Crippen molar-refractivity contribution in [2.75, 3.05) is 12.4 Å². The quantitative estimate of drug-likeness (QED) is 0.817. The molecule has 0 radical (unpaired) electrons. The molecular weight excluding hydrogens is 332 g/mol. The summed E-state index contributed by atoms with van der Waals surface area (Å²) in [6.07, 6.45) is 7.41. The molecule has 130 valence electrons. The molecule has 25 heavy (non-hydrogen) atoms. The summed E-state index contributed by atoms with van der Waals surface area (Å²) >= 11 is 1.53. The molecule has 0 aliphatic heterocycles. The van der Waals surface area contributed by atoms with Crippen LogP contribution in [-0.2, 0) is 17.6 Å². The number of benzene rings is 1. The molecular formula is C20H22N2O2S. The number of rotatable bonds is 4. The first-order valence-corrected chi connectivity index (χ1v) is 9.32. The van der Waals surface area contributed by atoms with E-state index in [-0.39, 0.29) is 11.8 Å². The highest BCUT2D eigenvalue weighted by atomic mass is 32.1. The number of anilines is 1. The van der Waals surface area contributed by atoms with Crippen LogP contribution in [0, 0.1) is 6.92 Å². The SMILES string of the molecule is CNC(=O)c1c(NC(=O)/C=C/c2ccc(C)cc2)sc2c1CCCC2. The van der Waals surface area contributed by atoms with E-state index in [2.05, 4.69) is 10.6 Å². The summed E-state index contributed by atoms with van der Waals surface area (Å²) in [6, 6.07) is 7.96. The zero-order valence-corrected chi connectivity index (χ0v) is 15.3. The van der Waals surface area contributed by atoms with Crippen molar-refractivity contribution in [1.82, 2.24) is 5.32 Å². The molecule has 1 aromatic carbocycles. The Kier molecular flexibility index (Phi) is 5.34. The summed E-state index contributed by atoms with van der Waals surface area (Å²) < 4.78 is 0. The van der Waals surface area contributed by atoms with Crippen LogP contribution in [0.1, 0.15) is 44.8 Å². The average Bonchev–Trinajstić information content (AvgIpc) is 2.98. The van der Waals surface area contributed by atoms with Gasteiger partial charge in [0, 0.05) is 18.0 Å². The van der Waals surface area contributed by atoms with E-state index in [1.165, 1.54) is 27.9 Å². The Hall–Kier alpha value is -2.40. The zero-order chi connectivity index (χ0) is 17.8. The van der Waals surface area contributed by atoms with Gasteiger partial charge in [-0.2, -0.15) is 0 Å². The second kappa shape index (κ2) is 7.66. The number of carbonyl (C=O) groups excluding carboxylic acids is 2. The fraction of sp³-hybridized carbons (Fsp3) is 0.300. The van der Waals surface area contributed by atoms with Crippen molar-refractivity contribution in [2.45, 2.75) is 32.6 Å². The van der Waals surface area contributed by atoms with Crippen LogP contribution in [0.4, 0.5) is 5.00 Å². The highest BCUT2D eigenvalue weighted by molar-refractivity contribution is 7.17. The largest absolute Gasteiger partial charge is 0.355 e. The predicted molar refractivity (Wildman–Crippen MR) is 103 cm³/mol. The second-order valence-corrected chi connectivity index (χ2v) is 7.33. The number of carbonyl (C=O) groups is 2. The van der Waals surface area contributed by atoms with Gasteiger partial charge in [0.25, 0.3) is 5.91 Å². The maximum absolute atomic E-state index is 12.3. The Morgan fingerprint density at radius 2 is 1.84 bits per heavy atom. The maximum Gasteiger partial charge on any atom is 0.254 e. The normalized spacial score (nSPS) is 13.5. The van der Waals surface area contributed by atoms with Crippen molar-refractivity contribution in [3.63, 3.8) is 0 Å². The van der Waals surface area contributed by atoms with Crippen molar-refractivity contribution in [3.05, 3.63) is 57.5 Å². The summed E-state index contributed by atoms with van der Waals surface area (Å²) in [5.41, 5.74) is 3.89. The van der Waals surface area contributed by atoms with Gasteiger partial charge in [0.05, 0.1) is 5.56 Å². The number of aryl methyl sites for hydroxylation is 2. The Balaban J connectivity index is 1.79. The van der Waals surface area contributed by atoms with Gasteiger partial charge in [-0.1, -0.05) is 29.8 Å². The van der Waals surface area contributed by atoms with Gasteiger partial charge >= 0.3 is 0 Å². The highest BCUT2D eigenvalue weighted by Gasteiger charge is 2.25. The van der Waals surface area contributed by atoms with Crippen LogP contribution in [0.25, 0.3) is 6.08 Å². The van der Waals surface area contributed by atoms with E-state index in [1.807, 2.05) is 31.2 Å². The molecule has 1 aromatic heterocycles. The summed E-state index contributed by atoms with van der Waals surface area (Å²) in [5.74, 6) is -0.346. The van der Waals surface area contributed by atoms with E-state index in [4.69, 9.17) is 0 Å². The Morgan fingerprint density at radius 1 is 1.12 bits per heavy atom. The molecule has 0 unspecified atom stereocenters. The number of hydrogen-bond acceptors (Lipinski definition) is 3. The number of hydrogen-bond donors (Lipinski definition) is 2. The molecule has 0 bridgehead atoms. The molecule has 1 heterocycles. The van der Waals surface area contributed by atoms with Crippen molar-refractivity contribution in [1.29, 1.82) is 0 Å². The van der Waals surface area contributed by atoms with Gasteiger partial charge in [0.15, 0.2) is 0 Å². The molecule has 0 saturated carbocycles. The summed E-state index contributed by atoms with van der Waals surface area (Å²) in [7, 11) is 1.62. The summed E-state index contributed by atoms with van der Waals surface area (Å²) in [5, 5.41) is 6.25. The molecule has 4 nitrogen and oxygen atoms in total. The highest BCUT2D eigenvalue weighted by Crippen LogP contribution is 2.38. The van der Waals surface area contributed by atoms with Crippen LogP contribution in [-0.4, -0.2) is 18.9 Å². The van der Waals surface area contributed by atoms with E-state index >= 15 is 0 Å². The van der Waals surface area contributed by atoms with Gasteiger partial charge < -0.3 is 10.6 Å². The third-order valence-electron chi connectivity index (χ3n) is 4.37. The van der Waals surface area contributed by atoms with Gasteiger partial charge in [0.1, 0.15) is 5.00 Å². The smallest absolute Gasteiger partial charge is 0.254 e. The first kappa shape index (κ1) is 17.4. The summed E-state index contributed by atoms with van der Waals surface area (Å²) in [4.78, 5) is 25.8. The van der Waals surface area contributed by atoms with Crippen LogP contribution in [0.3, 0.4) is 0 Å². The van der Waals surface area contributed by atoms with E-state index in [1.54, 1.807) is 13.1 Å². The minimum atomic E-state index is -0.218. The minimum absolute atomic E-state index is 0.128. The average molecular weight is 354 g/mol. The third-order valence-corrected chi connectivity index (χ3v) is 5.57. The van der Waals surface area contributed by atoms with Gasteiger partial charge in [-0.25, -0.2) is 0 Å². The molecule has 1 aliphatic rings. The second-order valence-electron chi connectivity index (χ2n) is 6.23. The first-order chi connectivity index (χ1) is 12.1. The van der Waals surface area contributed by atoms with E-state index in [0.717, 1.165) is 36.8 Å². The molecule has 2 aromatic rings. The van der Waals surface area contributed by atoms with Gasteiger partial charge in [-0.15, -0.1) is 11.3 Å². The van der Waals surface area contributed by atoms with Crippen LogP contribution in [0.5, 0.6) is 0 Å². The van der Waals surface area contributed by atoms with Crippen molar-refractivity contribution < 1.29 is 9.59 Å². The molecule has 0 saturated heterocycles. The Bertz CT molecular complexity index is 819. The molecule has 5 heteroatoms. The molecule has 2 amide bonds. The maximum atomic E-state index is 12.3. The Labute approximate surface area is 152 Å². The number of thiophene rings is 1. The topological polar surface area (TPSA) is 58.2 Å².